The predicted octanol–water partition coefficient (Wildman–Crippen LogP) is 16.3. The van der Waals surface area contributed by atoms with Crippen LogP contribution in [0.5, 0.6) is 0 Å². The fraction of sp³-hybridized carbons (Fsp3) is 0.167. The Morgan fingerprint density at radius 2 is 1.27 bits per heavy atom. The van der Waals surface area contributed by atoms with E-state index in [2.05, 4.69) is 206 Å². The predicted molar refractivity (Wildman–Crippen MR) is 260 cm³/mol. The Labute approximate surface area is 364 Å². The molecule has 0 spiro atoms. The summed E-state index contributed by atoms with van der Waals surface area (Å²) in [7, 11) is 0. The molecule has 3 aliphatic carbocycles. The first kappa shape index (κ1) is 36.9. The maximum atomic E-state index is 6.55. The molecule has 62 heavy (non-hydrogen) atoms. The summed E-state index contributed by atoms with van der Waals surface area (Å²) in [5, 5.41) is 5.05. The van der Waals surface area contributed by atoms with Gasteiger partial charge in [0.05, 0.1) is 17.1 Å². The molecule has 0 N–H and O–H groups in total. The number of nitrogens with zero attached hydrogens (tertiary/aromatic N) is 1. The largest absolute Gasteiger partial charge is 0.456 e. The molecule has 12 rings (SSSR count). The quantitative estimate of drug-likeness (QED) is 0.160. The first-order valence-electron chi connectivity index (χ1n) is 22.6. The van der Waals surface area contributed by atoms with E-state index in [1.165, 1.54) is 98.5 Å². The molecule has 3 aliphatic rings. The lowest BCUT2D eigenvalue weighted by atomic mass is 9.74. The zero-order valence-corrected chi connectivity index (χ0v) is 35.2. The van der Waals surface area contributed by atoms with E-state index in [1.807, 2.05) is 0 Å². The fourth-order valence-electron chi connectivity index (χ4n) is 11.5. The number of rotatable bonds is 7. The molecule has 0 aliphatic heterocycles. The monoisotopic (exact) mass is 799 g/mol. The average Bonchev–Trinajstić information content (AvgIpc) is 3.85. The van der Waals surface area contributed by atoms with E-state index in [1.54, 1.807) is 0 Å². The van der Waals surface area contributed by atoms with Gasteiger partial charge in [-0.15, -0.1) is 0 Å². The van der Waals surface area contributed by atoms with Crippen LogP contribution in [0.4, 0.5) is 11.4 Å². The van der Waals surface area contributed by atoms with Crippen molar-refractivity contribution in [2.75, 3.05) is 4.90 Å². The number of allylic oxidation sites excluding steroid dienone is 2. The lowest BCUT2D eigenvalue weighted by Crippen LogP contribution is -2.33. The first-order valence-corrected chi connectivity index (χ1v) is 22.6. The van der Waals surface area contributed by atoms with Crippen molar-refractivity contribution in [1.82, 2.24) is 0 Å². The lowest BCUT2D eigenvalue weighted by Gasteiger charge is -2.37. The Bertz CT molecular complexity index is 3210. The molecule has 9 aromatic rings. The lowest BCUT2D eigenvalue weighted by molar-refractivity contribution is 0.445. The van der Waals surface area contributed by atoms with E-state index in [-0.39, 0.29) is 11.5 Å². The van der Waals surface area contributed by atoms with Gasteiger partial charge in [0.2, 0.25) is 0 Å². The summed E-state index contributed by atoms with van der Waals surface area (Å²) in [6, 6.07) is 65.5. The molecule has 1 saturated carbocycles. The maximum absolute atomic E-state index is 6.55. The van der Waals surface area contributed by atoms with Crippen LogP contribution >= 0.6 is 0 Å². The third-order valence-corrected chi connectivity index (χ3v) is 14.5. The zero-order valence-electron chi connectivity index (χ0n) is 35.2. The molecular formula is C60H49NO. The van der Waals surface area contributed by atoms with Crippen molar-refractivity contribution in [3.63, 3.8) is 0 Å². The van der Waals surface area contributed by atoms with Crippen molar-refractivity contribution in [1.29, 1.82) is 0 Å². The van der Waals surface area contributed by atoms with Crippen molar-refractivity contribution in [3.05, 3.63) is 222 Å². The number of hydrogen-bond donors (Lipinski definition) is 0. The summed E-state index contributed by atoms with van der Waals surface area (Å²) in [5.41, 5.74) is 17.3. The average molecular weight is 800 g/mol. The molecule has 1 heterocycles. The molecule has 2 heteroatoms. The second kappa shape index (κ2) is 14.9. The summed E-state index contributed by atoms with van der Waals surface area (Å²) in [4.78, 5) is 2.61. The molecule has 1 fully saturated rings. The molecule has 2 nitrogen and oxygen atoms in total. The maximum Gasteiger partial charge on any atom is 0.137 e. The molecule has 0 radical (unpaired) electrons. The molecular weight excluding hydrogens is 751 g/mol. The van der Waals surface area contributed by atoms with Gasteiger partial charge < -0.3 is 9.32 Å². The highest BCUT2D eigenvalue weighted by atomic mass is 16.3. The van der Waals surface area contributed by atoms with Crippen molar-refractivity contribution in [2.45, 2.75) is 62.8 Å². The SMILES string of the molecule is CC1(c2ccccc2)c2ccccc2-c2ccc(-c3ccc(N(c4cccc5oc6ccccc6c45)C4CC=CC=C4c4cccc5cccc(C6CCCCC6)c45)cc3)cc21. The Kier molecular flexibility index (Phi) is 8.88. The van der Waals surface area contributed by atoms with E-state index >= 15 is 0 Å². The van der Waals surface area contributed by atoms with Gasteiger partial charge in [-0.2, -0.15) is 0 Å². The third kappa shape index (κ3) is 5.84. The summed E-state index contributed by atoms with van der Waals surface area (Å²) >= 11 is 0. The first-order chi connectivity index (χ1) is 30.6. The van der Waals surface area contributed by atoms with Crippen LogP contribution in [-0.2, 0) is 5.41 Å². The summed E-state index contributed by atoms with van der Waals surface area (Å²) in [6.45, 7) is 2.40. The third-order valence-electron chi connectivity index (χ3n) is 14.5. The van der Waals surface area contributed by atoms with Gasteiger partial charge in [0.25, 0.3) is 0 Å². The molecule has 8 aromatic carbocycles. The molecule has 300 valence electrons. The van der Waals surface area contributed by atoms with Crippen LogP contribution in [0, 0.1) is 0 Å². The minimum absolute atomic E-state index is 0.0419. The van der Waals surface area contributed by atoms with Crippen LogP contribution in [0.15, 0.2) is 199 Å². The number of furan rings is 1. The summed E-state index contributed by atoms with van der Waals surface area (Å²) < 4.78 is 6.55. The number of fused-ring (bicyclic) bond motifs is 7. The zero-order chi connectivity index (χ0) is 41.2. The number of hydrogen-bond acceptors (Lipinski definition) is 2. The van der Waals surface area contributed by atoms with Crippen molar-refractivity contribution >= 4 is 49.7 Å². The molecule has 1 aromatic heterocycles. The fourth-order valence-corrected chi connectivity index (χ4v) is 11.5. The van der Waals surface area contributed by atoms with E-state index < -0.39 is 0 Å². The van der Waals surface area contributed by atoms with Crippen molar-refractivity contribution < 1.29 is 4.42 Å². The van der Waals surface area contributed by atoms with Gasteiger partial charge >= 0.3 is 0 Å². The van der Waals surface area contributed by atoms with E-state index in [4.69, 9.17) is 4.42 Å². The van der Waals surface area contributed by atoms with Gasteiger partial charge in [0.15, 0.2) is 0 Å². The Morgan fingerprint density at radius 1 is 0.565 bits per heavy atom. The molecule has 2 atom stereocenters. The molecule has 0 amide bonds. The van der Waals surface area contributed by atoms with Crippen LogP contribution < -0.4 is 4.90 Å². The highest BCUT2D eigenvalue weighted by molar-refractivity contribution is 6.13. The van der Waals surface area contributed by atoms with Gasteiger partial charge in [-0.1, -0.05) is 177 Å². The standard InChI is InChI=1S/C60H49NO/c1-60(44-21-6-3-7-22-44)52-28-11-8-23-47(52)48-38-35-43(39-53(48)60)40-33-36-45(37-34-40)61(55-30-16-32-57-59(55)51-25-10-13-31-56(51)62-57)54-29-12-9-24-49(54)50-27-15-20-42-19-14-26-46(58(42)50)41-17-4-2-5-18-41/h3,6-16,19-28,30-39,41,54H,2,4-5,17-18,29H2,1H3. The highest BCUT2D eigenvalue weighted by Crippen LogP contribution is 2.53. The minimum atomic E-state index is -0.248. The summed E-state index contributed by atoms with van der Waals surface area (Å²) in [6.07, 6.45) is 14.4. The van der Waals surface area contributed by atoms with Crippen molar-refractivity contribution in [3.8, 4) is 22.3 Å². The summed E-state index contributed by atoms with van der Waals surface area (Å²) in [5.74, 6) is 0.598. The van der Waals surface area contributed by atoms with Crippen LogP contribution in [0.3, 0.4) is 0 Å². The van der Waals surface area contributed by atoms with Crippen LogP contribution in [-0.4, -0.2) is 6.04 Å². The van der Waals surface area contributed by atoms with Gasteiger partial charge in [0, 0.05) is 16.5 Å². The van der Waals surface area contributed by atoms with Crippen LogP contribution in [0.2, 0.25) is 0 Å². The van der Waals surface area contributed by atoms with Crippen molar-refractivity contribution in [2.24, 2.45) is 0 Å². The highest BCUT2D eigenvalue weighted by Gasteiger charge is 2.41. The Hall–Kier alpha value is -6.90. The van der Waals surface area contributed by atoms with E-state index in [0.717, 1.165) is 39.7 Å². The van der Waals surface area contributed by atoms with E-state index in [9.17, 15) is 0 Å². The van der Waals surface area contributed by atoms with Crippen LogP contribution in [0.25, 0.3) is 60.5 Å². The van der Waals surface area contributed by atoms with Gasteiger partial charge in [-0.05, 0) is 135 Å². The smallest absolute Gasteiger partial charge is 0.137 e. The van der Waals surface area contributed by atoms with Crippen LogP contribution in [0.1, 0.15) is 79.2 Å². The molecule has 2 unspecified atom stereocenters. The second-order valence-corrected chi connectivity index (χ2v) is 17.8. The topological polar surface area (TPSA) is 16.4 Å². The number of para-hydroxylation sites is 1. The van der Waals surface area contributed by atoms with Gasteiger partial charge in [-0.3, -0.25) is 0 Å². The normalized spacial score (nSPS) is 18.5. The van der Waals surface area contributed by atoms with Gasteiger partial charge in [0.1, 0.15) is 11.2 Å². The second-order valence-electron chi connectivity index (χ2n) is 17.8. The molecule has 0 saturated heterocycles. The minimum Gasteiger partial charge on any atom is -0.456 e. The van der Waals surface area contributed by atoms with Gasteiger partial charge in [-0.25, -0.2) is 0 Å². The number of benzene rings is 8. The Balaban J connectivity index is 1.01. The van der Waals surface area contributed by atoms with E-state index in [0.29, 0.717) is 5.92 Å². The molecule has 0 bridgehead atoms. The number of anilines is 2. The Morgan fingerprint density at radius 3 is 2.15 bits per heavy atom.